The molecule has 0 saturated carbocycles. The topological polar surface area (TPSA) is 78.5 Å². The Balaban J connectivity index is 0.00000264. The fourth-order valence-electron chi connectivity index (χ4n) is 2.48. The smallest absolute Gasteiger partial charge is 0.254 e. The molecule has 1 aliphatic rings. The quantitative estimate of drug-likeness (QED) is 0.845. The average Bonchev–Trinajstić information content (AvgIpc) is 2.46. The summed E-state index contributed by atoms with van der Waals surface area (Å²) in [4.78, 5) is 14.5. The highest BCUT2D eigenvalue weighted by atomic mass is 35.5. The van der Waals surface area contributed by atoms with Crippen molar-refractivity contribution in [3.8, 4) is 0 Å². The van der Waals surface area contributed by atoms with E-state index in [1.165, 1.54) is 12.1 Å². The SMILES string of the molecule is CC(C)NS(=O)(=O)c1cccc(C(=O)N2CCNC[C@H]2C)c1.Cl. The number of hydrogen-bond donors (Lipinski definition) is 2. The highest BCUT2D eigenvalue weighted by molar-refractivity contribution is 7.89. The fraction of sp³-hybridized carbons (Fsp3) is 0.533. The van der Waals surface area contributed by atoms with Crippen molar-refractivity contribution in [3.05, 3.63) is 29.8 Å². The van der Waals surface area contributed by atoms with Crippen LogP contribution in [0.2, 0.25) is 0 Å². The summed E-state index contributed by atoms with van der Waals surface area (Å²) >= 11 is 0. The second kappa shape index (κ2) is 8.10. The normalized spacial score (nSPS) is 18.6. The van der Waals surface area contributed by atoms with Gasteiger partial charge in [0.05, 0.1) is 4.90 Å². The standard InChI is InChI=1S/C15H23N3O3S.ClH/c1-11(2)17-22(20,21)14-6-4-5-13(9-14)15(19)18-8-7-16-10-12(18)3;/h4-6,9,11-12,16-17H,7-8,10H2,1-3H3;1H/t12-;/m1./s1. The van der Waals surface area contributed by atoms with Gasteiger partial charge in [-0.1, -0.05) is 6.07 Å². The molecule has 1 heterocycles. The minimum Gasteiger partial charge on any atom is -0.333 e. The van der Waals surface area contributed by atoms with Crippen molar-refractivity contribution < 1.29 is 13.2 Å². The zero-order chi connectivity index (χ0) is 16.3. The third-order valence-electron chi connectivity index (χ3n) is 3.54. The van der Waals surface area contributed by atoms with Crippen LogP contribution in [0.5, 0.6) is 0 Å². The summed E-state index contributed by atoms with van der Waals surface area (Å²) in [5.41, 5.74) is 0.403. The van der Waals surface area contributed by atoms with Crippen LogP contribution in [-0.2, 0) is 10.0 Å². The molecule has 0 radical (unpaired) electrons. The highest BCUT2D eigenvalue weighted by Gasteiger charge is 2.25. The summed E-state index contributed by atoms with van der Waals surface area (Å²) in [6.07, 6.45) is 0. The molecule has 130 valence electrons. The van der Waals surface area contributed by atoms with Crippen LogP contribution in [0.4, 0.5) is 0 Å². The van der Waals surface area contributed by atoms with E-state index in [2.05, 4.69) is 10.0 Å². The maximum Gasteiger partial charge on any atom is 0.254 e. The molecule has 23 heavy (non-hydrogen) atoms. The summed E-state index contributed by atoms with van der Waals surface area (Å²) in [7, 11) is -3.59. The predicted molar refractivity (Wildman–Crippen MR) is 92.5 cm³/mol. The van der Waals surface area contributed by atoms with E-state index in [0.29, 0.717) is 12.1 Å². The molecule has 8 heteroatoms. The van der Waals surface area contributed by atoms with Crippen molar-refractivity contribution in [3.63, 3.8) is 0 Å². The molecule has 1 amide bonds. The monoisotopic (exact) mass is 361 g/mol. The first-order valence-corrected chi connectivity index (χ1v) is 8.93. The lowest BCUT2D eigenvalue weighted by Gasteiger charge is -2.34. The number of sulfonamides is 1. The van der Waals surface area contributed by atoms with Crippen LogP contribution in [0.1, 0.15) is 31.1 Å². The number of carbonyl (C=O) groups is 1. The van der Waals surface area contributed by atoms with Crippen molar-refractivity contribution in [2.75, 3.05) is 19.6 Å². The average molecular weight is 362 g/mol. The van der Waals surface area contributed by atoms with Crippen molar-refractivity contribution in [2.45, 2.75) is 37.8 Å². The largest absolute Gasteiger partial charge is 0.333 e. The number of hydrogen-bond acceptors (Lipinski definition) is 4. The van der Waals surface area contributed by atoms with Gasteiger partial charge < -0.3 is 10.2 Å². The third kappa shape index (κ3) is 4.91. The van der Waals surface area contributed by atoms with Crippen molar-refractivity contribution in [2.24, 2.45) is 0 Å². The van der Waals surface area contributed by atoms with Crippen LogP contribution in [0.3, 0.4) is 0 Å². The molecule has 6 nitrogen and oxygen atoms in total. The van der Waals surface area contributed by atoms with Gasteiger partial charge in [0.25, 0.3) is 5.91 Å². The van der Waals surface area contributed by atoms with Crippen LogP contribution in [0.25, 0.3) is 0 Å². The Labute approximate surface area is 144 Å². The molecule has 0 unspecified atom stereocenters. The summed E-state index contributed by atoms with van der Waals surface area (Å²) in [5.74, 6) is -0.129. The molecule has 0 bridgehead atoms. The molecular weight excluding hydrogens is 338 g/mol. The Kier molecular flexibility index (Phi) is 7.01. The number of carbonyl (C=O) groups excluding carboxylic acids is 1. The molecule has 2 N–H and O–H groups in total. The molecule has 0 spiro atoms. The number of benzene rings is 1. The number of piperazine rings is 1. The summed E-state index contributed by atoms with van der Waals surface area (Å²) in [6.45, 7) is 7.62. The summed E-state index contributed by atoms with van der Waals surface area (Å²) < 4.78 is 27.0. The van der Waals surface area contributed by atoms with E-state index in [4.69, 9.17) is 0 Å². The van der Waals surface area contributed by atoms with Gasteiger partial charge in [0.2, 0.25) is 10.0 Å². The maximum absolute atomic E-state index is 12.6. The zero-order valence-corrected chi connectivity index (χ0v) is 15.2. The number of nitrogens with zero attached hydrogens (tertiary/aromatic N) is 1. The molecule has 1 aromatic carbocycles. The lowest BCUT2D eigenvalue weighted by atomic mass is 10.1. The van der Waals surface area contributed by atoms with Crippen molar-refractivity contribution >= 4 is 28.3 Å². The van der Waals surface area contributed by atoms with Gasteiger partial charge in [-0.2, -0.15) is 0 Å². The van der Waals surface area contributed by atoms with Crippen LogP contribution in [-0.4, -0.2) is 50.9 Å². The first-order chi connectivity index (χ1) is 10.3. The van der Waals surface area contributed by atoms with Crippen LogP contribution in [0.15, 0.2) is 29.2 Å². The van der Waals surface area contributed by atoms with Gasteiger partial charge in [-0.3, -0.25) is 4.79 Å². The molecule has 1 aromatic rings. The van der Waals surface area contributed by atoms with E-state index < -0.39 is 10.0 Å². The molecule has 0 aliphatic carbocycles. The number of amides is 1. The van der Waals surface area contributed by atoms with Crippen molar-refractivity contribution in [1.29, 1.82) is 0 Å². The zero-order valence-electron chi connectivity index (χ0n) is 13.6. The minimum atomic E-state index is -3.59. The molecule has 1 atom stereocenters. The lowest BCUT2D eigenvalue weighted by molar-refractivity contribution is 0.0655. The minimum absolute atomic E-state index is 0. The van der Waals surface area contributed by atoms with E-state index in [1.807, 2.05) is 6.92 Å². The first-order valence-electron chi connectivity index (χ1n) is 7.45. The van der Waals surface area contributed by atoms with Crippen LogP contribution < -0.4 is 10.0 Å². The van der Waals surface area contributed by atoms with Gasteiger partial charge >= 0.3 is 0 Å². The lowest BCUT2D eigenvalue weighted by Crippen LogP contribution is -2.52. The van der Waals surface area contributed by atoms with E-state index in [0.717, 1.165) is 13.1 Å². The van der Waals surface area contributed by atoms with E-state index in [9.17, 15) is 13.2 Å². The Morgan fingerprint density at radius 1 is 1.39 bits per heavy atom. The Morgan fingerprint density at radius 2 is 2.09 bits per heavy atom. The Morgan fingerprint density at radius 3 is 2.70 bits per heavy atom. The number of rotatable bonds is 4. The Bertz CT molecular complexity index is 649. The summed E-state index contributed by atoms with van der Waals surface area (Å²) in [6, 6.07) is 6.11. The van der Waals surface area contributed by atoms with Gasteiger partial charge in [-0.15, -0.1) is 12.4 Å². The van der Waals surface area contributed by atoms with Gasteiger partial charge in [0.15, 0.2) is 0 Å². The predicted octanol–water partition coefficient (Wildman–Crippen LogP) is 1.23. The molecule has 1 aliphatic heterocycles. The first kappa shape index (κ1) is 19.9. The van der Waals surface area contributed by atoms with E-state index >= 15 is 0 Å². The Hall–Kier alpha value is -1.15. The van der Waals surface area contributed by atoms with E-state index in [1.54, 1.807) is 30.9 Å². The molecule has 1 fully saturated rings. The fourth-order valence-corrected chi connectivity index (χ4v) is 3.78. The summed E-state index contributed by atoms with van der Waals surface area (Å²) in [5, 5.41) is 3.23. The second-order valence-electron chi connectivity index (χ2n) is 5.86. The highest BCUT2D eigenvalue weighted by Crippen LogP contribution is 2.15. The molecule has 0 aromatic heterocycles. The van der Waals surface area contributed by atoms with Gasteiger partial charge in [0, 0.05) is 37.3 Å². The molecule has 2 rings (SSSR count). The third-order valence-corrected chi connectivity index (χ3v) is 5.20. The van der Waals surface area contributed by atoms with Crippen LogP contribution >= 0.6 is 12.4 Å². The van der Waals surface area contributed by atoms with Gasteiger partial charge in [-0.05, 0) is 39.0 Å². The second-order valence-corrected chi connectivity index (χ2v) is 7.57. The number of nitrogens with one attached hydrogen (secondary N) is 2. The van der Waals surface area contributed by atoms with Crippen LogP contribution in [0, 0.1) is 0 Å². The van der Waals surface area contributed by atoms with Crippen molar-refractivity contribution in [1.82, 2.24) is 14.9 Å². The van der Waals surface area contributed by atoms with Gasteiger partial charge in [-0.25, -0.2) is 13.1 Å². The molecule has 1 saturated heterocycles. The maximum atomic E-state index is 12.6. The number of halogens is 1. The van der Waals surface area contributed by atoms with E-state index in [-0.39, 0.29) is 35.3 Å². The molecular formula is C15H24ClN3O3S. The van der Waals surface area contributed by atoms with Gasteiger partial charge in [0.1, 0.15) is 0 Å².